The number of nitrogens with zero attached hydrogens (tertiary/aromatic N) is 6. The van der Waals surface area contributed by atoms with Gasteiger partial charge in [-0.15, -0.1) is 0 Å². The molecule has 3 N–H and O–H groups in total. The van der Waals surface area contributed by atoms with E-state index in [1.165, 1.54) is 35.2 Å². The molecule has 0 atom stereocenters. The summed E-state index contributed by atoms with van der Waals surface area (Å²) >= 11 is 0. The van der Waals surface area contributed by atoms with Crippen LogP contribution in [-0.4, -0.2) is 35.2 Å². The quantitative estimate of drug-likeness (QED) is 0.144. The van der Waals surface area contributed by atoms with Crippen molar-refractivity contribution in [3.05, 3.63) is 109 Å². The van der Waals surface area contributed by atoms with Crippen LogP contribution in [0.3, 0.4) is 0 Å². The Hall–Kier alpha value is -5.38. The van der Waals surface area contributed by atoms with Crippen molar-refractivity contribution in [1.82, 2.24) is 5.32 Å². The average Bonchev–Trinajstić information content (AvgIpc) is 3.16. The standard InChI is InChI=1S/C24H18N4O6.N3/c25-28-27-9-1-8-26-22(31)13-2-5-17-16(10-13)23(32)34-24(17)18-6-3-14(29)11-20(18)33-21-12-15(30)4-7-19(21)24;1-3-2/h2-7,10-12,29-30H,1,8-9H2,(H,26,31);/q;-1. The van der Waals surface area contributed by atoms with Crippen molar-refractivity contribution < 1.29 is 29.3 Å². The molecule has 0 radical (unpaired) electrons. The lowest BCUT2D eigenvalue weighted by Gasteiger charge is -2.36. The second-order valence-electron chi connectivity index (χ2n) is 7.95. The molecule has 3 aromatic carbocycles. The second kappa shape index (κ2) is 10.1. The smallest absolute Gasteiger partial charge is 0.340 e. The van der Waals surface area contributed by atoms with E-state index < -0.39 is 11.6 Å². The zero-order valence-electron chi connectivity index (χ0n) is 19.0. The molecule has 0 bridgehead atoms. The van der Waals surface area contributed by atoms with E-state index in [1.807, 2.05) is 0 Å². The maximum Gasteiger partial charge on any atom is 0.340 e. The number of phenols is 2. The van der Waals surface area contributed by atoms with E-state index in [0.29, 0.717) is 29.7 Å². The summed E-state index contributed by atoms with van der Waals surface area (Å²) in [5.41, 5.74) is 22.5. The number of carbonyl (C=O) groups excluding carboxylic acids is 2. The molecule has 13 nitrogen and oxygen atoms in total. The van der Waals surface area contributed by atoms with Gasteiger partial charge in [0.25, 0.3) is 5.91 Å². The lowest BCUT2D eigenvalue weighted by Crippen LogP contribution is -2.33. The first-order valence-electron chi connectivity index (χ1n) is 10.9. The van der Waals surface area contributed by atoms with Crippen molar-refractivity contribution in [3.63, 3.8) is 0 Å². The molecule has 0 aliphatic carbocycles. The van der Waals surface area contributed by atoms with E-state index in [2.05, 4.69) is 15.3 Å². The second-order valence-corrected chi connectivity index (χ2v) is 7.95. The van der Waals surface area contributed by atoms with Gasteiger partial charge < -0.3 is 36.1 Å². The van der Waals surface area contributed by atoms with Crippen LogP contribution in [0.4, 0.5) is 0 Å². The van der Waals surface area contributed by atoms with Gasteiger partial charge in [-0.1, -0.05) is 11.2 Å². The number of carbonyl (C=O) groups is 2. The van der Waals surface area contributed by atoms with E-state index >= 15 is 0 Å². The molecule has 0 aromatic heterocycles. The summed E-state index contributed by atoms with van der Waals surface area (Å²) in [6.07, 6.45) is 0.485. The summed E-state index contributed by atoms with van der Waals surface area (Å²) in [5, 5.41) is 26.1. The fourth-order valence-electron chi connectivity index (χ4n) is 4.35. The Kier molecular flexibility index (Phi) is 6.74. The first kappa shape index (κ1) is 24.7. The van der Waals surface area contributed by atoms with Crippen LogP contribution < -0.4 is 10.1 Å². The molecule has 13 heteroatoms. The summed E-state index contributed by atoms with van der Waals surface area (Å²) in [4.78, 5) is 29.8. The van der Waals surface area contributed by atoms with Crippen molar-refractivity contribution in [1.29, 1.82) is 0 Å². The number of rotatable bonds is 5. The molecule has 5 rings (SSSR count). The third kappa shape index (κ3) is 4.39. The minimum atomic E-state index is -1.37. The number of amides is 1. The van der Waals surface area contributed by atoms with E-state index in [0.717, 1.165) is 0 Å². The molecule has 1 spiro atoms. The van der Waals surface area contributed by atoms with Crippen LogP contribution in [0.5, 0.6) is 23.0 Å². The Labute approximate surface area is 208 Å². The summed E-state index contributed by atoms with van der Waals surface area (Å²) < 4.78 is 11.9. The monoisotopic (exact) mass is 500 g/mol. The summed E-state index contributed by atoms with van der Waals surface area (Å²) in [7, 11) is 0. The number of ether oxygens (including phenoxy) is 2. The van der Waals surface area contributed by atoms with E-state index in [-0.39, 0.29) is 46.6 Å². The molecule has 2 aliphatic rings. The van der Waals surface area contributed by atoms with Crippen molar-refractivity contribution in [3.8, 4) is 23.0 Å². The third-order valence-electron chi connectivity index (χ3n) is 5.82. The summed E-state index contributed by atoms with van der Waals surface area (Å²) in [5.74, 6) is -0.502. The molecule has 0 saturated carbocycles. The predicted molar refractivity (Wildman–Crippen MR) is 129 cm³/mol. The predicted octanol–water partition coefficient (Wildman–Crippen LogP) is 4.96. The van der Waals surface area contributed by atoms with Crippen molar-refractivity contribution in [2.75, 3.05) is 13.1 Å². The number of hydrogen-bond donors (Lipinski definition) is 3. The molecule has 0 saturated heterocycles. The summed E-state index contributed by atoms with van der Waals surface area (Å²) in [6.45, 7) is 0.580. The third-order valence-corrected chi connectivity index (χ3v) is 5.82. The average molecular weight is 500 g/mol. The maximum atomic E-state index is 13.1. The molecule has 186 valence electrons. The lowest BCUT2D eigenvalue weighted by atomic mass is 9.77. The van der Waals surface area contributed by atoms with Crippen LogP contribution in [0, 0.1) is 0 Å². The van der Waals surface area contributed by atoms with E-state index in [1.54, 1.807) is 24.3 Å². The Morgan fingerprint density at radius 3 is 2.14 bits per heavy atom. The van der Waals surface area contributed by atoms with Gasteiger partial charge in [0, 0.05) is 52.4 Å². The van der Waals surface area contributed by atoms with E-state index in [4.69, 9.17) is 26.1 Å². The molecule has 2 aliphatic heterocycles. The van der Waals surface area contributed by atoms with Gasteiger partial charge in [0.1, 0.15) is 23.0 Å². The summed E-state index contributed by atoms with van der Waals surface area (Å²) in [6, 6.07) is 13.7. The SMILES string of the molecule is [N-]=[N+]=NCCCNC(=O)c1ccc2c(c1)C(=O)OC21c2ccc(O)cc2Oc2cc(O)ccc21.[N-]=[N+]=[N-]. The van der Waals surface area contributed by atoms with E-state index in [9.17, 15) is 19.8 Å². The number of azide groups is 1. The Morgan fingerprint density at radius 1 is 0.946 bits per heavy atom. The van der Waals surface area contributed by atoms with Gasteiger partial charge in [-0.25, -0.2) is 4.79 Å². The van der Waals surface area contributed by atoms with Crippen LogP contribution in [0.1, 0.15) is 43.8 Å². The normalized spacial score (nSPS) is 13.2. The highest BCUT2D eigenvalue weighted by molar-refractivity contribution is 6.01. The van der Waals surface area contributed by atoms with Crippen LogP contribution in [0.2, 0.25) is 0 Å². The molecule has 3 aromatic rings. The van der Waals surface area contributed by atoms with Gasteiger partial charge in [-0.3, -0.25) is 9.71 Å². The van der Waals surface area contributed by atoms with Crippen LogP contribution in [-0.2, 0) is 10.3 Å². The van der Waals surface area contributed by atoms with Gasteiger partial charge in [0.15, 0.2) is 5.60 Å². The van der Waals surface area contributed by atoms with Gasteiger partial charge in [0.05, 0.1) is 5.56 Å². The molecule has 1 amide bonds. The number of nitrogens with one attached hydrogen (secondary N) is 1. The van der Waals surface area contributed by atoms with Crippen LogP contribution >= 0.6 is 0 Å². The lowest BCUT2D eigenvalue weighted by molar-refractivity contribution is 0.0224. The largest absolute Gasteiger partial charge is 0.508 e. The highest BCUT2D eigenvalue weighted by atomic mass is 16.6. The molecule has 0 unspecified atom stereocenters. The Balaban J connectivity index is 0.00000102. The Morgan fingerprint density at radius 2 is 1.54 bits per heavy atom. The number of hydrogen-bond acceptors (Lipinski definition) is 7. The van der Waals surface area contributed by atoms with Crippen LogP contribution in [0.15, 0.2) is 59.7 Å². The highest BCUT2D eigenvalue weighted by Gasteiger charge is 2.53. The maximum absolute atomic E-state index is 13.1. The molecule has 2 heterocycles. The van der Waals surface area contributed by atoms with Gasteiger partial charge in [0.2, 0.25) is 0 Å². The topological polar surface area (TPSA) is 213 Å². The van der Waals surface area contributed by atoms with Crippen LogP contribution in [0.25, 0.3) is 26.4 Å². The number of aromatic hydroxyl groups is 2. The van der Waals surface area contributed by atoms with Crippen molar-refractivity contribution in [2.24, 2.45) is 5.11 Å². The first-order chi connectivity index (χ1) is 17.8. The molecule has 37 heavy (non-hydrogen) atoms. The zero-order valence-corrected chi connectivity index (χ0v) is 19.0. The Bertz CT molecular complexity index is 1440. The highest BCUT2D eigenvalue weighted by Crippen LogP contribution is 2.57. The van der Waals surface area contributed by atoms with Crippen molar-refractivity contribution >= 4 is 11.9 Å². The number of benzene rings is 3. The minimum absolute atomic E-state index is 0.0328. The number of phenolic OH excluding ortho intramolecular Hbond substituents is 2. The number of fused-ring (bicyclic) bond motifs is 6. The number of esters is 1. The zero-order chi connectivity index (χ0) is 26.6. The first-order valence-corrected chi connectivity index (χ1v) is 10.9. The minimum Gasteiger partial charge on any atom is -0.508 e. The fourth-order valence-corrected chi connectivity index (χ4v) is 4.35. The van der Waals surface area contributed by atoms with Gasteiger partial charge in [-0.05, 0) is 48.4 Å². The fraction of sp³-hybridized carbons (Fsp3) is 0.167. The molecular weight excluding hydrogens is 482 g/mol. The van der Waals surface area contributed by atoms with Gasteiger partial charge >= 0.3 is 5.97 Å². The molecular formula is C24H18N7O6-. The molecule has 0 fully saturated rings. The van der Waals surface area contributed by atoms with Crippen molar-refractivity contribution in [2.45, 2.75) is 12.0 Å². The van der Waals surface area contributed by atoms with Gasteiger partial charge in [-0.2, -0.15) is 0 Å².